The highest BCUT2D eigenvalue weighted by Gasteiger charge is 2.28. The molecule has 2 aliphatic heterocycles. The largest absolute Gasteiger partial charge is 0.480 e. The fourth-order valence-electron chi connectivity index (χ4n) is 3.90. The van der Waals surface area contributed by atoms with E-state index in [2.05, 4.69) is 21.8 Å². The number of carbonyl (C=O) groups is 2. The normalized spacial score (nSPS) is 20.4. The van der Waals surface area contributed by atoms with Crippen LogP contribution in [0.5, 0.6) is 0 Å². The number of likely N-dealkylation sites (N-methyl/N-ethyl adjacent to an activating group) is 1. The van der Waals surface area contributed by atoms with E-state index in [9.17, 15) is 9.59 Å². The predicted molar refractivity (Wildman–Crippen MR) is 96.9 cm³/mol. The monoisotopic (exact) mass is 363 g/mol. The van der Waals surface area contributed by atoms with Crippen molar-refractivity contribution in [3.8, 4) is 0 Å². The zero-order chi connectivity index (χ0) is 18.5. The molecule has 0 atom stereocenters. The third-order valence-corrected chi connectivity index (χ3v) is 5.54. The lowest BCUT2D eigenvalue weighted by Crippen LogP contribution is -2.53. The van der Waals surface area contributed by atoms with Gasteiger partial charge >= 0.3 is 5.97 Å². The summed E-state index contributed by atoms with van der Waals surface area (Å²) in [6, 6.07) is 0.599. The van der Waals surface area contributed by atoms with Crippen molar-refractivity contribution in [1.29, 1.82) is 0 Å². The number of amides is 1. The lowest BCUT2D eigenvalue weighted by molar-refractivity contribution is -0.137. The number of carboxylic acids is 1. The van der Waals surface area contributed by atoms with Crippen LogP contribution in [-0.2, 0) is 22.6 Å². The van der Waals surface area contributed by atoms with E-state index < -0.39 is 5.97 Å². The number of carbonyl (C=O) groups excluding carboxylic acids is 1. The van der Waals surface area contributed by atoms with Crippen molar-refractivity contribution < 1.29 is 14.7 Å². The van der Waals surface area contributed by atoms with Crippen LogP contribution >= 0.6 is 0 Å². The summed E-state index contributed by atoms with van der Waals surface area (Å²) in [5.41, 5.74) is 0. The van der Waals surface area contributed by atoms with Crippen molar-refractivity contribution in [2.45, 2.75) is 38.3 Å². The van der Waals surface area contributed by atoms with Gasteiger partial charge in [-0.15, -0.1) is 0 Å². The number of hydrogen-bond donors (Lipinski definition) is 1. The van der Waals surface area contributed by atoms with Crippen molar-refractivity contribution in [2.24, 2.45) is 0 Å². The quantitative estimate of drug-likeness (QED) is 0.774. The molecule has 1 aromatic heterocycles. The molecular formula is C18H29N5O3. The Kier molecular flexibility index (Phi) is 6.26. The Hall–Kier alpha value is -1.93. The highest BCUT2D eigenvalue weighted by atomic mass is 16.4. The number of piperazine rings is 1. The molecule has 0 unspecified atom stereocenters. The van der Waals surface area contributed by atoms with Crippen LogP contribution in [-0.4, -0.2) is 93.6 Å². The van der Waals surface area contributed by atoms with Crippen LogP contribution in [0.2, 0.25) is 0 Å². The molecule has 0 radical (unpaired) electrons. The molecule has 3 rings (SSSR count). The van der Waals surface area contributed by atoms with Crippen molar-refractivity contribution >= 4 is 11.9 Å². The first-order valence-corrected chi connectivity index (χ1v) is 9.45. The molecule has 0 bridgehead atoms. The molecule has 26 heavy (non-hydrogen) atoms. The molecule has 144 valence electrons. The predicted octanol–water partition coefficient (Wildman–Crippen LogP) is 0.139. The maximum absolute atomic E-state index is 12.5. The molecule has 2 aliphatic rings. The van der Waals surface area contributed by atoms with E-state index in [-0.39, 0.29) is 12.5 Å². The summed E-state index contributed by atoms with van der Waals surface area (Å²) in [5.74, 6) is -0.0960. The smallest absolute Gasteiger partial charge is 0.323 e. The minimum atomic E-state index is -0.901. The first-order valence-electron chi connectivity index (χ1n) is 9.45. The summed E-state index contributed by atoms with van der Waals surface area (Å²) in [6.45, 7) is 6.03. The Bertz CT molecular complexity index is 616. The number of piperidine rings is 1. The third-order valence-electron chi connectivity index (χ3n) is 5.54. The Balaban J connectivity index is 1.43. The third kappa shape index (κ3) is 4.82. The molecule has 1 N–H and O–H groups in total. The van der Waals surface area contributed by atoms with E-state index >= 15 is 0 Å². The summed E-state index contributed by atoms with van der Waals surface area (Å²) in [5, 5.41) is 8.91. The lowest BCUT2D eigenvalue weighted by atomic mass is 10.0. The standard InChI is InChI=1S/C18H29N5O3/c1-20-10-12-21(13-11-20)15-4-7-22(8-5-15)17(24)3-2-16-19-6-9-23(16)14-18(25)26/h6,9,15H,2-5,7-8,10-14H2,1H3,(H,25,26). The number of hydrogen-bond acceptors (Lipinski definition) is 5. The number of likely N-dealkylation sites (tertiary alicyclic amines) is 1. The first-order chi connectivity index (χ1) is 12.5. The fourth-order valence-corrected chi connectivity index (χ4v) is 3.90. The topological polar surface area (TPSA) is 81.9 Å². The van der Waals surface area contributed by atoms with Gasteiger partial charge in [0, 0.05) is 70.5 Å². The lowest BCUT2D eigenvalue weighted by Gasteiger charge is -2.42. The van der Waals surface area contributed by atoms with Crippen molar-refractivity contribution in [3.05, 3.63) is 18.2 Å². The van der Waals surface area contributed by atoms with Gasteiger partial charge in [0.15, 0.2) is 0 Å². The maximum Gasteiger partial charge on any atom is 0.323 e. The minimum absolute atomic E-state index is 0.111. The van der Waals surface area contributed by atoms with Crippen molar-refractivity contribution in [2.75, 3.05) is 46.3 Å². The van der Waals surface area contributed by atoms with Gasteiger partial charge < -0.3 is 19.5 Å². The van der Waals surface area contributed by atoms with Gasteiger partial charge in [-0.05, 0) is 19.9 Å². The van der Waals surface area contributed by atoms with Crippen molar-refractivity contribution in [3.63, 3.8) is 0 Å². The molecule has 2 fully saturated rings. The summed E-state index contributed by atoms with van der Waals surface area (Å²) in [4.78, 5) is 34.4. The van der Waals surface area contributed by atoms with Crippen LogP contribution in [0.25, 0.3) is 0 Å². The van der Waals surface area contributed by atoms with Crippen LogP contribution in [0.3, 0.4) is 0 Å². The molecule has 8 nitrogen and oxygen atoms in total. The molecule has 0 aliphatic carbocycles. The van der Waals surface area contributed by atoms with Gasteiger partial charge in [0.05, 0.1) is 0 Å². The van der Waals surface area contributed by atoms with Crippen LogP contribution in [0.4, 0.5) is 0 Å². The highest BCUT2D eigenvalue weighted by molar-refractivity contribution is 5.76. The van der Waals surface area contributed by atoms with Crippen molar-refractivity contribution in [1.82, 2.24) is 24.3 Å². The van der Waals surface area contributed by atoms with E-state index in [0.717, 1.165) is 52.1 Å². The van der Waals surface area contributed by atoms with Crippen LogP contribution in [0.1, 0.15) is 25.1 Å². The average molecular weight is 363 g/mol. The summed E-state index contributed by atoms with van der Waals surface area (Å²) >= 11 is 0. The SMILES string of the molecule is CN1CCN(C2CCN(C(=O)CCc3nccn3CC(=O)O)CC2)CC1. The highest BCUT2D eigenvalue weighted by Crippen LogP contribution is 2.19. The number of carboxylic acid groups (broad SMARTS) is 1. The van der Waals surface area contributed by atoms with Crippen LogP contribution < -0.4 is 0 Å². The second kappa shape index (κ2) is 8.64. The van der Waals surface area contributed by atoms with E-state index in [4.69, 9.17) is 5.11 Å². The second-order valence-corrected chi connectivity index (χ2v) is 7.32. The fraction of sp³-hybridized carbons (Fsp3) is 0.722. The molecule has 1 amide bonds. The van der Waals surface area contributed by atoms with E-state index in [1.165, 1.54) is 0 Å². The molecule has 0 aromatic carbocycles. The van der Waals surface area contributed by atoms with Gasteiger partial charge in [0.2, 0.25) is 5.91 Å². The van der Waals surface area contributed by atoms with Crippen LogP contribution in [0.15, 0.2) is 12.4 Å². The number of imidazole rings is 1. The number of rotatable bonds is 6. The summed E-state index contributed by atoms with van der Waals surface area (Å²) < 4.78 is 1.59. The van der Waals surface area contributed by atoms with E-state index in [0.29, 0.717) is 24.7 Å². The van der Waals surface area contributed by atoms with E-state index in [1.807, 2.05) is 4.90 Å². The Labute approximate surface area is 154 Å². The van der Waals surface area contributed by atoms with E-state index in [1.54, 1.807) is 17.0 Å². The van der Waals surface area contributed by atoms with Gasteiger partial charge in [-0.2, -0.15) is 0 Å². The molecule has 0 spiro atoms. The van der Waals surface area contributed by atoms with Crippen LogP contribution in [0, 0.1) is 0 Å². The zero-order valence-electron chi connectivity index (χ0n) is 15.5. The average Bonchev–Trinajstić information content (AvgIpc) is 3.07. The molecule has 1 aromatic rings. The van der Waals surface area contributed by atoms with Gasteiger partial charge in [-0.1, -0.05) is 0 Å². The summed E-state index contributed by atoms with van der Waals surface area (Å²) in [7, 11) is 2.17. The Morgan fingerprint density at radius 1 is 1.15 bits per heavy atom. The number of nitrogens with zero attached hydrogens (tertiary/aromatic N) is 5. The summed E-state index contributed by atoms with van der Waals surface area (Å²) in [6.07, 6.45) is 6.19. The maximum atomic E-state index is 12.5. The number of aromatic nitrogens is 2. The number of aryl methyl sites for hydroxylation is 1. The van der Waals surface area contributed by atoms with Gasteiger partial charge in [0.25, 0.3) is 0 Å². The molecule has 0 saturated carbocycles. The molecular weight excluding hydrogens is 334 g/mol. The Morgan fingerprint density at radius 3 is 2.50 bits per heavy atom. The molecule has 8 heteroatoms. The second-order valence-electron chi connectivity index (χ2n) is 7.32. The number of aliphatic carboxylic acids is 1. The molecule has 3 heterocycles. The first kappa shape index (κ1) is 18.8. The Morgan fingerprint density at radius 2 is 1.85 bits per heavy atom. The van der Waals surface area contributed by atoms with Gasteiger partial charge in [-0.3, -0.25) is 14.5 Å². The molecule has 2 saturated heterocycles. The van der Waals surface area contributed by atoms with Gasteiger partial charge in [-0.25, -0.2) is 4.98 Å². The van der Waals surface area contributed by atoms with Gasteiger partial charge in [0.1, 0.15) is 12.4 Å². The minimum Gasteiger partial charge on any atom is -0.480 e. The zero-order valence-corrected chi connectivity index (χ0v) is 15.5.